The number of rotatable bonds is 2. The zero-order chi connectivity index (χ0) is 11.5. The van der Waals surface area contributed by atoms with E-state index in [0.717, 1.165) is 6.07 Å². The first-order valence-electron chi connectivity index (χ1n) is 4.63. The number of anilines is 2. The van der Waals surface area contributed by atoms with Gasteiger partial charge in [-0.05, 0) is 12.1 Å². The van der Waals surface area contributed by atoms with Crippen LogP contribution in [0.4, 0.5) is 24.5 Å². The van der Waals surface area contributed by atoms with Crippen molar-refractivity contribution in [3.05, 3.63) is 59.9 Å². The van der Waals surface area contributed by atoms with Gasteiger partial charge in [0.2, 0.25) is 0 Å². The van der Waals surface area contributed by atoms with E-state index in [0.29, 0.717) is 11.8 Å². The van der Waals surface area contributed by atoms with Crippen LogP contribution in [0.5, 0.6) is 0 Å². The van der Waals surface area contributed by atoms with Gasteiger partial charge in [0.1, 0.15) is 5.82 Å². The summed E-state index contributed by atoms with van der Waals surface area (Å²) in [7, 11) is 0. The third-order valence-corrected chi connectivity index (χ3v) is 2.05. The fourth-order valence-corrected chi connectivity index (χ4v) is 1.32. The van der Waals surface area contributed by atoms with Crippen molar-refractivity contribution in [1.82, 2.24) is 0 Å². The lowest BCUT2D eigenvalue weighted by Gasteiger charge is -2.07. The number of hydrogen-bond donors (Lipinski definition) is 1. The van der Waals surface area contributed by atoms with Gasteiger partial charge in [-0.2, -0.15) is 0 Å². The maximum absolute atomic E-state index is 13.3. The van der Waals surface area contributed by atoms with Crippen LogP contribution >= 0.6 is 0 Å². The molecule has 2 rings (SSSR count). The first-order chi connectivity index (χ1) is 7.66. The van der Waals surface area contributed by atoms with Gasteiger partial charge >= 0.3 is 0 Å². The van der Waals surface area contributed by atoms with E-state index in [4.69, 9.17) is 0 Å². The summed E-state index contributed by atoms with van der Waals surface area (Å²) in [4.78, 5) is 0. The number of nitrogens with one attached hydrogen (secondary N) is 1. The first kappa shape index (κ1) is 10.5. The minimum Gasteiger partial charge on any atom is -0.353 e. The minimum absolute atomic E-state index is 0.219. The van der Waals surface area contributed by atoms with Gasteiger partial charge in [-0.1, -0.05) is 18.2 Å². The van der Waals surface area contributed by atoms with Gasteiger partial charge in [0.05, 0.1) is 5.69 Å². The van der Waals surface area contributed by atoms with Gasteiger partial charge in [0.15, 0.2) is 11.6 Å². The zero-order valence-electron chi connectivity index (χ0n) is 8.18. The number of halogens is 3. The SMILES string of the molecule is Fc1cc(F)c(F)c(Nc2ccccc2)c1. The smallest absolute Gasteiger partial charge is 0.182 e. The van der Waals surface area contributed by atoms with E-state index >= 15 is 0 Å². The summed E-state index contributed by atoms with van der Waals surface area (Å²) >= 11 is 0. The molecule has 0 fully saturated rings. The average molecular weight is 223 g/mol. The highest BCUT2D eigenvalue weighted by molar-refractivity contribution is 5.60. The van der Waals surface area contributed by atoms with Crippen molar-refractivity contribution in [2.75, 3.05) is 5.32 Å². The van der Waals surface area contributed by atoms with Crippen LogP contribution in [0.1, 0.15) is 0 Å². The Kier molecular flexibility index (Phi) is 2.81. The molecule has 0 unspecified atom stereocenters. The van der Waals surface area contributed by atoms with Gasteiger partial charge < -0.3 is 5.32 Å². The van der Waals surface area contributed by atoms with Crippen molar-refractivity contribution in [2.24, 2.45) is 0 Å². The van der Waals surface area contributed by atoms with Crippen LogP contribution in [0, 0.1) is 17.5 Å². The van der Waals surface area contributed by atoms with Crippen LogP contribution in [0.25, 0.3) is 0 Å². The van der Waals surface area contributed by atoms with E-state index in [1.807, 2.05) is 0 Å². The molecule has 16 heavy (non-hydrogen) atoms. The zero-order valence-corrected chi connectivity index (χ0v) is 8.18. The van der Waals surface area contributed by atoms with Crippen molar-refractivity contribution >= 4 is 11.4 Å². The van der Waals surface area contributed by atoms with Crippen molar-refractivity contribution in [2.45, 2.75) is 0 Å². The van der Waals surface area contributed by atoms with E-state index in [-0.39, 0.29) is 5.69 Å². The highest BCUT2D eigenvalue weighted by Crippen LogP contribution is 2.22. The Morgan fingerprint density at radius 1 is 0.875 bits per heavy atom. The van der Waals surface area contributed by atoms with Crippen LogP contribution in [0.3, 0.4) is 0 Å². The Bertz CT molecular complexity index is 497. The summed E-state index contributed by atoms with van der Waals surface area (Å²) in [5, 5.41) is 2.60. The molecule has 0 amide bonds. The predicted molar refractivity (Wildman–Crippen MR) is 56.0 cm³/mol. The molecule has 0 aliphatic carbocycles. The lowest BCUT2D eigenvalue weighted by molar-refractivity contribution is 0.498. The Labute approximate surface area is 90.5 Å². The fourth-order valence-electron chi connectivity index (χ4n) is 1.32. The molecule has 0 radical (unpaired) electrons. The van der Waals surface area contributed by atoms with Crippen LogP contribution in [-0.2, 0) is 0 Å². The van der Waals surface area contributed by atoms with E-state index in [1.54, 1.807) is 30.3 Å². The molecule has 0 aliphatic heterocycles. The largest absolute Gasteiger partial charge is 0.353 e. The fraction of sp³-hybridized carbons (Fsp3) is 0. The summed E-state index contributed by atoms with van der Waals surface area (Å²) in [5.74, 6) is -3.12. The molecule has 0 saturated heterocycles. The second kappa shape index (κ2) is 4.26. The van der Waals surface area contributed by atoms with Gasteiger partial charge in [-0.3, -0.25) is 0 Å². The second-order valence-corrected chi connectivity index (χ2v) is 3.24. The Morgan fingerprint density at radius 3 is 2.25 bits per heavy atom. The molecular formula is C12H8F3N. The van der Waals surface area contributed by atoms with Crippen molar-refractivity contribution in [3.63, 3.8) is 0 Å². The number of benzene rings is 2. The van der Waals surface area contributed by atoms with Crippen LogP contribution in [-0.4, -0.2) is 0 Å². The monoisotopic (exact) mass is 223 g/mol. The molecule has 2 aromatic rings. The Morgan fingerprint density at radius 2 is 1.56 bits per heavy atom. The Hall–Kier alpha value is -1.97. The molecule has 0 aliphatic rings. The molecule has 2 aromatic carbocycles. The highest BCUT2D eigenvalue weighted by atomic mass is 19.2. The van der Waals surface area contributed by atoms with E-state index in [9.17, 15) is 13.2 Å². The van der Waals surface area contributed by atoms with Gasteiger partial charge in [0.25, 0.3) is 0 Å². The molecule has 0 spiro atoms. The van der Waals surface area contributed by atoms with E-state index < -0.39 is 17.5 Å². The normalized spacial score (nSPS) is 10.2. The summed E-state index contributed by atoms with van der Waals surface area (Å²) in [6.07, 6.45) is 0. The average Bonchev–Trinajstić information content (AvgIpc) is 2.27. The maximum atomic E-state index is 13.3. The standard InChI is InChI=1S/C12H8F3N/c13-8-6-10(14)12(15)11(7-8)16-9-4-2-1-3-5-9/h1-7,16H. The summed E-state index contributed by atoms with van der Waals surface area (Å²) in [5.41, 5.74) is 0.343. The second-order valence-electron chi connectivity index (χ2n) is 3.24. The molecule has 0 heterocycles. The van der Waals surface area contributed by atoms with Gasteiger partial charge in [0, 0.05) is 17.8 Å². The maximum Gasteiger partial charge on any atom is 0.182 e. The molecule has 1 N–H and O–H groups in total. The highest BCUT2D eigenvalue weighted by Gasteiger charge is 2.10. The molecule has 1 nitrogen and oxygen atoms in total. The quantitative estimate of drug-likeness (QED) is 0.762. The van der Waals surface area contributed by atoms with Crippen LogP contribution in [0.2, 0.25) is 0 Å². The molecule has 0 saturated carbocycles. The summed E-state index contributed by atoms with van der Waals surface area (Å²) < 4.78 is 39.0. The van der Waals surface area contributed by atoms with Gasteiger partial charge in [-0.25, -0.2) is 13.2 Å². The van der Waals surface area contributed by atoms with Crippen LogP contribution < -0.4 is 5.32 Å². The molecule has 0 atom stereocenters. The number of hydrogen-bond acceptors (Lipinski definition) is 1. The predicted octanol–water partition coefficient (Wildman–Crippen LogP) is 3.85. The van der Waals surface area contributed by atoms with Crippen molar-refractivity contribution in [3.8, 4) is 0 Å². The molecule has 82 valence electrons. The third-order valence-electron chi connectivity index (χ3n) is 2.05. The summed E-state index contributed by atoms with van der Waals surface area (Å²) in [6.45, 7) is 0. The lowest BCUT2D eigenvalue weighted by atomic mass is 10.2. The van der Waals surface area contributed by atoms with Crippen molar-refractivity contribution in [1.29, 1.82) is 0 Å². The Balaban J connectivity index is 2.35. The number of para-hydroxylation sites is 1. The molecular weight excluding hydrogens is 215 g/mol. The molecule has 0 bridgehead atoms. The lowest BCUT2D eigenvalue weighted by Crippen LogP contribution is -1.97. The van der Waals surface area contributed by atoms with Crippen molar-refractivity contribution < 1.29 is 13.2 Å². The summed E-state index contributed by atoms with van der Waals surface area (Å²) in [6, 6.07) is 10.0. The third kappa shape index (κ3) is 2.16. The van der Waals surface area contributed by atoms with Gasteiger partial charge in [-0.15, -0.1) is 0 Å². The topological polar surface area (TPSA) is 12.0 Å². The first-order valence-corrected chi connectivity index (χ1v) is 4.63. The van der Waals surface area contributed by atoms with E-state index in [1.165, 1.54) is 0 Å². The van der Waals surface area contributed by atoms with Crippen LogP contribution in [0.15, 0.2) is 42.5 Å². The van der Waals surface area contributed by atoms with E-state index in [2.05, 4.69) is 5.32 Å². The minimum atomic E-state index is -1.21. The molecule has 0 aromatic heterocycles. The molecule has 4 heteroatoms.